The largest absolute Gasteiger partial charge is 0.350 e. The van der Waals surface area contributed by atoms with E-state index in [2.05, 4.69) is 47.6 Å². The van der Waals surface area contributed by atoms with Crippen molar-refractivity contribution < 1.29 is 0 Å². The van der Waals surface area contributed by atoms with E-state index >= 15 is 0 Å². The van der Waals surface area contributed by atoms with Crippen molar-refractivity contribution in [3.8, 4) is 0 Å². The Morgan fingerprint density at radius 3 is 2.94 bits per heavy atom. The van der Waals surface area contributed by atoms with Crippen LogP contribution in [0.2, 0.25) is 0 Å². The van der Waals surface area contributed by atoms with Crippen LogP contribution in [-0.4, -0.2) is 23.3 Å². The number of benzene rings is 1. The van der Waals surface area contributed by atoms with Gasteiger partial charge >= 0.3 is 0 Å². The molecule has 1 saturated carbocycles. The number of fused-ring (bicyclic) bond motifs is 1. The summed E-state index contributed by atoms with van der Waals surface area (Å²) < 4.78 is 0. The van der Waals surface area contributed by atoms with Gasteiger partial charge in [0, 0.05) is 22.7 Å². The molecule has 0 bridgehead atoms. The SMILES string of the molecule is CCNC(CSc1cc2ccccc2[nH]1)C1CC1. The molecule has 1 unspecified atom stereocenters. The van der Waals surface area contributed by atoms with Crippen LogP contribution in [0.1, 0.15) is 19.8 Å². The quantitative estimate of drug-likeness (QED) is 0.776. The molecular weight excluding hydrogens is 240 g/mol. The van der Waals surface area contributed by atoms with Gasteiger partial charge in [-0.25, -0.2) is 0 Å². The molecule has 3 heteroatoms. The van der Waals surface area contributed by atoms with Crippen molar-refractivity contribution in [1.29, 1.82) is 0 Å². The molecule has 0 spiro atoms. The first-order valence-electron chi connectivity index (χ1n) is 6.80. The molecule has 18 heavy (non-hydrogen) atoms. The average Bonchev–Trinajstić information content (AvgIpc) is 3.13. The summed E-state index contributed by atoms with van der Waals surface area (Å²) in [5.41, 5.74) is 1.24. The van der Waals surface area contributed by atoms with Crippen molar-refractivity contribution >= 4 is 22.7 Å². The number of hydrogen-bond donors (Lipinski definition) is 2. The molecule has 1 fully saturated rings. The van der Waals surface area contributed by atoms with Gasteiger partial charge in [0.1, 0.15) is 0 Å². The van der Waals surface area contributed by atoms with Crippen molar-refractivity contribution in [1.82, 2.24) is 10.3 Å². The molecule has 1 aromatic carbocycles. The van der Waals surface area contributed by atoms with E-state index in [9.17, 15) is 0 Å². The monoisotopic (exact) mass is 260 g/mol. The van der Waals surface area contributed by atoms with Crippen molar-refractivity contribution in [3.63, 3.8) is 0 Å². The van der Waals surface area contributed by atoms with Gasteiger partial charge in [0.15, 0.2) is 0 Å². The third-order valence-electron chi connectivity index (χ3n) is 3.58. The van der Waals surface area contributed by atoms with Gasteiger partial charge in [-0.15, -0.1) is 11.8 Å². The van der Waals surface area contributed by atoms with Gasteiger partial charge in [-0.2, -0.15) is 0 Å². The molecule has 1 atom stereocenters. The van der Waals surface area contributed by atoms with E-state index in [-0.39, 0.29) is 0 Å². The number of aromatic amines is 1. The minimum atomic E-state index is 0.686. The fourth-order valence-corrected chi connectivity index (χ4v) is 3.57. The van der Waals surface area contributed by atoms with Crippen LogP contribution in [0, 0.1) is 5.92 Å². The van der Waals surface area contributed by atoms with Crippen LogP contribution in [0.5, 0.6) is 0 Å². The van der Waals surface area contributed by atoms with E-state index < -0.39 is 0 Å². The maximum Gasteiger partial charge on any atom is 0.0733 e. The van der Waals surface area contributed by atoms with Gasteiger partial charge in [-0.3, -0.25) is 0 Å². The number of para-hydroxylation sites is 1. The average molecular weight is 260 g/mol. The van der Waals surface area contributed by atoms with E-state index in [1.54, 1.807) is 0 Å². The van der Waals surface area contributed by atoms with Crippen LogP contribution >= 0.6 is 11.8 Å². The van der Waals surface area contributed by atoms with Gasteiger partial charge in [0.25, 0.3) is 0 Å². The highest BCUT2D eigenvalue weighted by Crippen LogP contribution is 2.35. The molecule has 0 radical (unpaired) electrons. The van der Waals surface area contributed by atoms with Crippen molar-refractivity contribution in [2.45, 2.75) is 30.8 Å². The molecule has 2 nitrogen and oxygen atoms in total. The lowest BCUT2D eigenvalue weighted by molar-refractivity contribution is 0.519. The van der Waals surface area contributed by atoms with Crippen molar-refractivity contribution in [3.05, 3.63) is 30.3 Å². The van der Waals surface area contributed by atoms with Gasteiger partial charge in [-0.05, 0) is 37.4 Å². The normalized spacial score (nSPS) is 17.2. The zero-order valence-electron chi connectivity index (χ0n) is 10.8. The second kappa shape index (κ2) is 5.37. The summed E-state index contributed by atoms with van der Waals surface area (Å²) in [5, 5.41) is 6.22. The Morgan fingerprint density at radius 1 is 1.39 bits per heavy atom. The number of H-pyrrole nitrogens is 1. The molecule has 1 aromatic heterocycles. The maximum atomic E-state index is 3.61. The Bertz CT molecular complexity index is 483. The fraction of sp³-hybridized carbons (Fsp3) is 0.467. The molecule has 0 saturated heterocycles. The van der Waals surface area contributed by atoms with E-state index in [1.807, 2.05) is 11.8 Å². The van der Waals surface area contributed by atoms with Gasteiger partial charge in [0.05, 0.1) is 5.03 Å². The topological polar surface area (TPSA) is 27.8 Å². The minimum absolute atomic E-state index is 0.686. The summed E-state index contributed by atoms with van der Waals surface area (Å²) in [5.74, 6) is 2.09. The van der Waals surface area contributed by atoms with Crippen molar-refractivity contribution in [2.24, 2.45) is 5.92 Å². The Kier molecular flexibility index (Phi) is 3.62. The zero-order chi connectivity index (χ0) is 12.4. The van der Waals surface area contributed by atoms with E-state index in [4.69, 9.17) is 0 Å². The lowest BCUT2D eigenvalue weighted by Gasteiger charge is -2.15. The minimum Gasteiger partial charge on any atom is -0.350 e. The molecule has 0 aliphatic heterocycles. The highest BCUT2D eigenvalue weighted by Gasteiger charge is 2.30. The Balaban J connectivity index is 1.64. The summed E-state index contributed by atoms with van der Waals surface area (Å²) in [7, 11) is 0. The Hall–Kier alpha value is -0.930. The van der Waals surface area contributed by atoms with Crippen LogP contribution in [0.3, 0.4) is 0 Å². The van der Waals surface area contributed by atoms with Gasteiger partial charge < -0.3 is 10.3 Å². The van der Waals surface area contributed by atoms with Gasteiger partial charge in [0.2, 0.25) is 0 Å². The number of hydrogen-bond acceptors (Lipinski definition) is 2. The van der Waals surface area contributed by atoms with E-state index in [0.717, 1.165) is 12.5 Å². The summed E-state index contributed by atoms with van der Waals surface area (Å²) in [6.07, 6.45) is 2.82. The van der Waals surface area contributed by atoms with Crippen LogP contribution in [0.15, 0.2) is 35.4 Å². The number of thioether (sulfide) groups is 1. The standard InChI is InChI=1S/C15H20N2S/c1-2-16-14(11-7-8-11)10-18-15-9-12-5-3-4-6-13(12)17-15/h3-6,9,11,14,16-17H,2,7-8,10H2,1H3. The molecule has 1 aliphatic rings. The van der Waals surface area contributed by atoms with Crippen molar-refractivity contribution in [2.75, 3.05) is 12.3 Å². The first-order chi connectivity index (χ1) is 8.86. The van der Waals surface area contributed by atoms with E-state index in [0.29, 0.717) is 6.04 Å². The highest BCUT2D eigenvalue weighted by atomic mass is 32.2. The summed E-state index contributed by atoms with van der Waals surface area (Å²) in [6, 6.07) is 11.4. The number of nitrogens with one attached hydrogen (secondary N) is 2. The zero-order valence-corrected chi connectivity index (χ0v) is 11.6. The first-order valence-corrected chi connectivity index (χ1v) is 7.79. The number of rotatable bonds is 6. The smallest absolute Gasteiger partial charge is 0.0733 e. The summed E-state index contributed by atoms with van der Waals surface area (Å²) in [4.78, 5) is 3.49. The fourth-order valence-electron chi connectivity index (χ4n) is 2.43. The second-order valence-corrected chi connectivity index (χ2v) is 6.10. The molecule has 1 heterocycles. The molecule has 2 N–H and O–H groups in total. The second-order valence-electron chi connectivity index (χ2n) is 5.03. The Morgan fingerprint density at radius 2 is 2.22 bits per heavy atom. The third-order valence-corrected chi connectivity index (χ3v) is 4.64. The third kappa shape index (κ3) is 2.73. The van der Waals surface area contributed by atoms with Crippen LogP contribution in [0.4, 0.5) is 0 Å². The highest BCUT2D eigenvalue weighted by molar-refractivity contribution is 7.99. The molecule has 0 amide bonds. The predicted molar refractivity (Wildman–Crippen MR) is 79.2 cm³/mol. The van der Waals surface area contributed by atoms with Gasteiger partial charge in [-0.1, -0.05) is 25.1 Å². The molecule has 2 aromatic rings. The lowest BCUT2D eigenvalue weighted by Crippen LogP contribution is -2.33. The lowest BCUT2D eigenvalue weighted by atomic mass is 10.2. The summed E-state index contributed by atoms with van der Waals surface area (Å²) >= 11 is 1.94. The Labute approximate surface area is 113 Å². The molecule has 3 rings (SSSR count). The molecular formula is C15H20N2S. The molecule has 1 aliphatic carbocycles. The summed E-state index contributed by atoms with van der Waals surface area (Å²) in [6.45, 7) is 3.28. The van der Waals surface area contributed by atoms with Crippen LogP contribution in [-0.2, 0) is 0 Å². The first kappa shape index (κ1) is 12.1. The number of aromatic nitrogens is 1. The van der Waals surface area contributed by atoms with E-state index in [1.165, 1.54) is 34.5 Å². The van der Waals surface area contributed by atoms with Crippen LogP contribution in [0.25, 0.3) is 10.9 Å². The molecule has 96 valence electrons. The maximum absolute atomic E-state index is 3.61. The van der Waals surface area contributed by atoms with Crippen LogP contribution < -0.4 is 5.32 Å². The predicted octanol–water partition coefficient (Wildman–Crippen LogP) is 3.65.